The maximum absolute atomic E-state index is 9.77. The Hall–Kier alpha value is -2.13. The molecule has 0 bridgehead atoms. The Labute approximate surface area is 81.4 Å². The van der Waals surface area contributed by atoms with Crippen molar-refractivity contribution >= 4 is 17.8 Å². The van der Waals surface area contributed by atoms with Crippen LogP contribution < -0.4 is 11.5 Å². The van der Waals surface area contributed by atoms with Crippen LogP contribution in [0.2, 0.25) is 0 Å². The van der Waals surface area contributed by atoms with Crippen LogP contribution in [-0.2, 0) is 4.79 Å². The van der Waals surface area contributed by atoms with Crippen LogP contribution in [0, 0.1) is 6.92 Å². The highest BCUT2D eigenvalue weighted by molar-refractivity contribution is 5.69. The SMILES string of the molecule is Cc1ccc(N=C=O)cc1.NC(N)=O. The quantitative estimate of drug-likeness (QED) is 0.513. The summed E-state index contributed by atoms with van der Waals surface area (Å²) in [5, 5.41) is 0. The van der Waals surface area contributed by atoms with Gasteiger partial charge in [-0.1, -0.05) is 17.7 Å². The molecule has 14 heavy (non-hydrogen) atoms. The summed E-state index contributed by atoms with van der Waals surface area (Å²) in [5.74, 6) is 0. The molecule has 0 saturated carbocycles. The van der Waals surface area contributed by atoms with Gasteiger partial charge in [-0.2, -0.15) is 4.99 Å². The first-order valence-electron chi connectivity index (χ1n) is 3.75. The van der Waals surface area contributed by atoms with Crippen molar-refractivity contribution in [2.75, 3.05) is 0 Å². The average molecular weight is 193 g/mol. The Morgan fingerprint density at radius 2 is 1.71 bits per heavy atom. The minimum absolute atomic E-state index is 0.653. The van der Waals surface area contributed by atoms with Crippen molar-refractivity contribution in [3.63, 3.8) is 0 Å². The van der Waals surface area contributed by atoms with Gasteiger partial charge in [0.2, 0.25) is 6.08 Å². The van der Waals surface area contributed by atoms with Crippen LogP contribution in [0.3, 0.4) is 0 Å². The lowest BCUT2D eigenvalue weighted by Crippen LogP contribution is -2.18. The van der Waals surface area contributed by atoms with Crippen LogP contribution in [0.5, 0.6) is 0 Å². The minimum Gasteiger partial charge on any atom is -0.352 e. The first-order valence-corrected chi connectivity index (χ1v) is 3.75. The lowest BCUT2D eigenvalue weighted by molar-refractivity contribution is 0.256. The van der Waals surface area contributed by atoms with Gasteiger partial charge in [-0.25, -0.2) is 9.59 Å². The summed E-state index contributed by atoms with van der Waals surface area (Å²) in [6.45, 7) is 1.98. The number of benzene rings is 1. The second-order valence-electron chi connectivity index (χ2n) is 2.44. The van der Waals surface area contributed by atoms with E-state index in [1.807, 2.05) is 19.1 Å². The largest absolute Gasteiger partial charge is 0.352 e. The summed E-state index contributed by atoms with van der Waals surface area (Å²) in [7, 11) is 0. The Morgan fingerprint density at radius 1 is 1.29 bits per heavy atom. The molecule has 0 aliphatic heterocycles. The predicted octanol–water partition coefficient (Wildman–Crippen LogP) is 0.986. The molecule has 4 N–H and O–H groups in total. The summed E-state index contributed by atoms with van der Waals surface area (Å²) in [5.41, 5.74) is 10.3. The van der Waals surface area contributed by atoms with E-state index in [-0.39, 0.29) is 0 Å². The molecule has 0 spiro atoms. The number of isocyanates is 1. The maximum Gasteiger partial charge on any atom is 0.309 e. The Balaban J connectivity index is 0.000000364. The molecule has 0 atom stereocenters. The molecule has 1 rings (SSSR count). The van der Waals surface area contributed by atoms with Crippen LogP contribution in [0.4, 0.5) is 10.5 Å². The molecule has 74 valence electrons. The summed E-state index contributed by atoms with van der Waals surface area (Å²) in [4.78, 5) is 22.2. The summed E-state index contributed by atoms with van der Waals surface area (Å²) in [6, 6.07) is 6.52. The second-order valence-corrected chi connectivity index (χ2v) is 2.44. The molecule has 0 saturated heterocycles. The molecule has 5 heteroatoms. The van der Waals surface area contributed by atoms with Crippen molar-refractivity contribution < 1.29 is 9.59 Å². The van der Waals surface area contributed by atoms with Gasteiger partial charge in [-0.3, -0.25) is 0 Å². The van der Waals surface area contributed by atoms with Crippen molar-refractivity contribution in [1.29, 1.82) is 0 Å². The number of hydrogen-bond acceptors (Lipinski definition) is 3. The van der Waals surface area contributed by atoms with E-state index in [4.69, 9.17) is 4.79 Å². The van der Waals surface area contributed by atoms with Gasteiger partial charge in [0, 0.05) is 0 Å². The van der Waals surface area contributed by atoms with Crippen molar-refractivity contribution in [2.45, 2.75) is 6.92 Å². The van der Waals surface area contributed by atoms with Gasteiger partial charge >= 0.3 is 6.03 Å². The molecule has 0 aliphatic rings. The van der Waals surface area contributed by atoms with E-state index in [0.717, 1.165) is 5.56 Å². The van der Waals surface area contributed by atoms with Crippen LogP contribution in [0.1, 0.15) is 5.56 Å². The molecule has 1 aromatic rings. The van der Waals surface area contributed by atoms with Gasteiger partial charge in [0.15, 0.2) is 0 Å². The zero-order chi connectivity index (χ0) is 11.0. The zero-order valence-corrected chi connectivity index (χ0v) is 7.73. The fourth-order valence-electron chi connectivity index (χ4n) is 0.672. The van der Waals surface area contributed by atoms with Crippen LogP contribution in [0.25, 0.3) is 0 Å². The zero-order valence-electron chi connectivity index (χ0n) is 7.73. The van der Waals surface area contributed by atoms with Gasteiger partial charge in [0.05, 0.1) is 5.69 Å². The Morgan fingerprint density at radius 3 is 2.07 bits per heavy atom. The summed E-state index contributed by atoms with van der Waals surface area (Å²) >= 11 is 0. The van der Waals surface area contributed by atoms with Gasteiger partial charge in [0.1, 0.15) is 0 Å². The van der Waals surface area contributed by atoms with Crippen molar-refractivity contribution in [3.05, 3.63) is 29.8 Å². The number of aryl methyl sites for hydroxylation is 1. The number of rotatable bonds is 1. The smallest absolute Gasteiger partial charge is 0.309 e. The first kappa shape index (κ1) is 11.9. The van der Waals surface area contributed by atoms with Gasteiger partial charge in [0.25, 0.3) is 0 Å². The van der Waals surface area contributed by atoms with Crippen LogP contribution in [0.15, 0.2) is 29.3 Å². The monoisotopic (exact) mass is 193 g/mol. The third-order valence-electron chi connectivity index (χ3n) is 1.21. The molecule has 0 radical (unpaired) electrons. The number of carbonyl (C=O) groups excluding carboxylic acids is 2. The van der Waals surface area contributed by atoms with Crippen LogP contribution in [-0.4, -0.2) is 12.1 Å². The van der Waals surface area contributed by atoms with Gasteiger partial charge in [-0.05, 0) is 19.1 Å². The predicted molar refractivity (Wildman–Crippen MR) is 52.7 cm³/mol. The summed E-state index contributed by atoms with van der Waals surface area (Å²) < 4.78 is 0. The molecule has 2 amide bonds. The molecular weight excluding hydrogens is 182 g/mol. The third-order valence-corrected chi connectivity index (χ3v) is 1.21. The molecule has 1 aromatic carbocycles. The molecule has 0 aromatic heterocycles. The molecule has 0 fully saturated rings. The van der Waals surface area contributed by atoms with Gasteiger partial charge < -0.3 is 11.5 Å². The second kappa shape index (κ2) is 6.39. The van der Waals surface area contributed by atoms with E-state index >= 15 is 0 Å². The molecule has 0 aliphatic carbocycles. The van der Waals surface area contributed by atoms with E-state index in [9.17, 15) is 4.79 Å². The van der Waals surface area contributed by atoms with Crippen LogP contribution >= 0.6 is 0 Å². The highest BCUT2D eigenvalue weighted by atomic mass is 16.2. The standard InChI is InChI=1S/C8H7NO.CH4N2O/c1-7-2-4-8(5-3-7)9-6-10;2-1(3)4/h2-5H,1H3;(H4,2,3,4). The van der Waals surface area contributed by atoms with Gasteiger partial charge in [-0.15, -0.1) is 0 Å². The normalized spacial score (nSPS) is 7.79. The average Bonchev–Trinajstić information content (AvgIpc) is 2.08. The van der Waals surface area contributed by atoms with E-state index in [0.29, 0.717) is 5.69 Å². The first-order chi connectivity index (χ1) is 6.56. The van der Waals surface area contributed by atoms with E-state index in [1.54, 1.807) is 12.1 Å². The Bertz CT molecular complexity index is 336. The number of carbonyl (C=O) groups is 1. The maximum atomic E-state index is 9.77. The van der Waals surface area contributed by atoms with Crippen molar-refractivity contribution in [1.82, 2.24) is 0 Å². The lowest BCUT2D eigenvalue weighted by atomic mass is 10.2. The molecule has 0 heterocycles. The number of primary amides is 2. The number of urea groups is 1. The fraction of sp³-hybridized carbons (Fsp3) is 0.111. The fourth-order valence-corrected chi connectivity index (χ4v) is 0.672. The molecule has 0 unspecified atom stereocenters. The molecule has 5 nitrogen and oxygen atoms in total. The minimum atomic E-state index is -0.833. The van der Waals surface area contributed by atoms with Crippen molar-refractivity contribution in [2.24, 2.45) is 16.5 Å². The topological polar surface area (TPSA) is 98.5 Å². The number of amides is 2. The lowest BCUT2D eigenvalue weighted by Gasteiger charge is -1.89. The van der Waals surface area contributed by atoms with E-state index < -0.39 is 6.03 Å². The highest BCUT2D eigenvalue weighted by Crippen LogP contribution is 2.10. The number of nitrogens with zero attached hydrogens (tertiary/aromatic N) is 1. The van der Waals surface area contributed by atoms with E-state index in [2.05, 4.69) is 16.5 Å². The van der Waals surface area contributed by atoms with Crippen molar-refractivity contribution in [3.8, 4) is 0 Å². The highest BCUT2D eigenvalue weighted by Gasteiger charge is 1.85. The number of nitrogens with two attached hydrogens (primary N) is 2. The number of hydrogen-bond donors (Lipinski definition) is 2. The van der Waals surface area contributed by atoms with E-state index in [1.165, 1.54) is 6.08 Å². The Kier molecular flexibility index (Phi) is 5.42. The number of aliphatic imine (C=N–C) groups is 1. The molecular formula is C9H11N3O2. The third kappa shape index (κ3) is 6.57. The summed E-state index contributed by atoms with van der Waals surface area (Å²) in [6.07, 6.45) is 1.48.